The monoisotopic (exact) mass is 847 g/mol. The summed E-state index contributed by atoms with van der Waals surface area (Å²) in [6, 6.07) is 19.9. The van der Waals surface area contributed by atoms with Crippen molar-refractivity contribution in [3.05, 3.63) is 142 Å². The van der Waals surface area contributed by atoms with Crippen LogP contribution in [-0.4, -0.2) is 66.9 Å². The standard InChI is InChI=1S/C43H43F6N9O3/c44-42(45,46)27-5-1-7-31(21-27)54-33-23-56(39(59)35(33)37(52)25-9-13-29(50)14-10-25)19-3-17-53-18-4-20-57-24-34-36(40(57)60)38(26-11-15-30(51)16-12-26)55-41(61)58(34)32-8-2-6-28(22-32)43(47,48)49/h1-2,5-16,21-22,37-38,53-54H,3-4,17-20,23-24,50-52H2,(H,55,61)/t37-,38-/m1/s1. The molecule has 0 radical (unpaired) electrons. The van der Waals surface area contributed by atoms with Crippen LogP contribution in [0.25, 0.3) is 0 Å². The number of alkyl halides is 6. The first-order chi connectivity index (χ1) is 29.0. The molecule has 7 rings (SSSR count). The van der Waals surface area contributed by atoms with Crippen molar-refractivity contribution >= 4 is 40.6 Å². The summed E-state index contributed by atoms with van der Waals surface area (Å²) in [4.78, 5) is 45.6. The highest BCUT2D eigenvalue weighted by Gasteiger charge is 2.45. The van der Waals surface area contributed by atoms with Crippen LogP contribution >= 0.6 is 0 Å². The maximum Gasteiger partial charge on any atom is 0.416 e. The van der Waals surface area contributed by atoms with Crippen LogP contribution in [0.1, 0.15) is 47.2 Å². The molecule has 3 aliphatic rings. The summed E-state index contributed by atoms with van der Waals surface area (Å²) in [5.74, 6) is -0.719. The normalized spacial score (nSPS) is 17.7. The van der Waals surface area contributed by atoms with Crippen LogP contribution in [0, 0.1) is 0 Å². The molecule has 0 spiro atoms. The van der Waals surface area contributed by atoms with Crippen molar-refractivity contribution in [1.82, 2.24) is 20.4 Å². The van der Waals surface area contributed by atoms with Gasteiger partial charge in [0.25, 0.3) is 11.8 Å². The zero-order chi connectivity index (χ0) is 43.6. The van der Waals surface area contributed by atoms with Crippen LogP contribution in [0.2, 0.25) is 0 Å². The summed E-state index contributed by atoms with van der Waals surface area (Å²) in [5, 5.41) is 9.12. The van der Waals surface area contributed by atoms with Gasteiger partial charge < -0.3 is 43.0 Å². The molecule has 18 heteroatoms. The quantitative estimate of drug-likeness (QED) is 0.0472. The van der Waals surface area contributed by atoms with Gasteiger partial charge >= 0.3 is 18.4 Å². The van der Waals surface area contributed by atoms with E-state index >= 15 is 0 Å². The highest BCUT2D eigenvalue weighted by Crippen LogP contribution is 2.41. The topological polar surface area (TPSA) is 175 Å². The molecule has 3 heterocycles. The summed E-state index contributed by atoms with van der Waals surface area (Å²) in [6.07, 6.45) is -8.22. The smallest absolute Gasteiger partial charge is 0.399 e. The number of benzene rings is 4. The van der Waals surface area contributed by atoms with E-state index in [1.54, 1.807) is 58.3 Å². The number of nitrogen functional groups attached to an aromatic ring is 2. The number of nitrogens with zero attached hydrogens (tertiary/aromatic N) is 3. The molecule has 4 aromatic carbocycles. The third-order valence-corrected chi connectivity index (χ3v) is 10.7. The van der Waals surface area contributed by atoms with Gasteiger partial charge in [-0.1, -0.05) is 36.4 Å². The largest absolute Gasteiger partial charge is 0.416 e. The Hall–Kier alpha value is -6.53. The van der Waals surface area contributed by atoms with Gasteiger partial charge in [-0.15, -0.1) is 0 Å². The van der Waals surface area contributed by atoms with Crippen LogP contribution in [-0.2, 0) is 21.9 Å². The zero-order valence-electron chi connectivity index (χ0n) is 32.6. The van der Waals surface area contributed by atoms with Crippen molar-refractivity contribution < 1.29 is 40.7 Å². The van der Waals surface area contributed by atoms with Crippen molar-refractivity contribution in [3.63, 3.8) is 0 Å². The number of rotatable bonds is 14. The van der Waals surface area contributed by atoms with Gasteiger partial charge in [0, 0.05) is 35.8 Å². The third kappa shape index (κ3) is 9.29. The number of nitrogens with two attached hydrogens (primary N) is 3. The molecule has 4 amide bonds. The fourth-order valence-electron chi connectivity index (χ4n) is 7.70. The van der Waals surface area contributed by atoms with Crippen LogP contribution < -0.4 is 38.1 Å². The minimum absolute atomic E-state index is 0.00885. The first kappa shape index (κ1) is 42.6. The lowest BCUT2D eigenvalue weighted by atomic mass is 9.95. The molecule has 3 aliphatic heterocycles. The lowest BCUT2D eigenvalue weighted by Gasteiger charge is -2.34. The molecule has 0 aliphatic carbocycles. The third-order valence-electron chi connectivity index (χ3n) is 10.7. The number of hydrogen-bond acceptors (Lipinski definition) is 8. The number of amides is 4. The Balaban J connectivity index is 0.970. The summed E-state index contributed by atoms with van der Waals surface area (Å²) in [7, 11) is 0. The first-order valence-corrected chi connectivity index (χ1v) is 19.4. The number of anilines is 4. The molecule has 320 valence electrons. The minimum atomic E-state index is -4.65. The number of hydrogen-bond donors (Lipinski definition) is 6. The van der Waals surface area contributed by atoms with Gasteiger partial charge in [-0.3, -0.25) is 14.5 Å². The van der Waals surface area contributed by atoms with Gasteiger partial charge in [0.1, 0.15) is 0 Å². The minimum Gasteiger partial charge on any atom is -0.399 e. The van der Waals surface area contributed by atoms with Gasteiger partial charge in [-0.05, 0) is 97.7 Å². The molecular weight excluding hydrogens is 805 g/mol. The van der Waals surface area contributed by atoms with E-state index in [9.17, 15) is 40.7 Å². The summed E-state index contributed by atoms with van der Waals surface area (Å²) >= 11 is 0. The maximum atomic E-state index is 14.0. The van der Waals surface area contributed by atoms with E-state index in [2.05, 4.69) is 16.0 Å². The molecule has 4 aromatic rings. The molecule has 9 N–H and O–H groups in total. The predicted molar refractivity (Wildman–Crippen MR) is 218 cm³/mol. The van der Waals surface area contributed by atoms with Gasteiger partial charge in [0.2, 0.25) is 0 Å². The van der Waals surface area contributed by atoms with E-state index in [1.165, 1.54) is 24.3 Å². The van der Waals surface area contributed by atoms with Crippen molar-refractivity contribution in [2.45, 2.75) is 37.3 Å². The Morgan fingerprint density at radius 1 is 0.721 bits per heavy atom. The average molecular weight is 848 g/mol. The van der Waals surface area contributed by atoms with Gasteiger partial charge in [-0.2, -0.15) is 26.3 Å². The van der Waals surface area contributed by atoms with Gasteiger partial charge in [0.15, 0.2) is 0 Å². The van der Waals surface area contributed by atoms with Crippen LogP contribution in [0.5, 0.6) is 0 Å². The molecule has 0 bridgehead atoms. The number of carbonyl (C=O) groups is 3. The average Bonchev–Trinajstić information content (AvgIpc) is 3.71. The Morgan fingerprint density at radius 3 is 1.92 bits per heavy atom. The summed E-state index contributed by atoms with van der Waals surface area (Å²) in [5.41, 5.74) is 19.9. The maximum absolute atomic E-state index is 14.0. The van der Waals surface area contributed by atoms with E-state index in [0.717, 1.165) is 29.2 Å². The van der Waals surface area contributed by atoms with E-state index in [0.29, 0.717) is 60.7 Å². The molecule has 0 unspecified atom stereocenters. The second-order valence-electron chi connectivity index (χ2n) is 14.9. The lowest BCUT2D eigenvalue weighted by molar-refractivity contribution is -0.138. The number of urea groups is 1. The second-order valence-corrected chi connectivity index (χ2v) is 14.9. The predicted octanol–water partition coefficient (Wildman–Crippen LogP) is 6.53. The molecule has 0 fully saturated rings. The fourth-order valence-corrected chi connectivity index (χ4v) is 7.70. The Labute approximate surface area is 347 Å². The molecule has 12 nitrogen and oxygen atoms in total. The van der Waals surface area contributed by atoms with E-state index < -0.39 is 41.6 Å². The fraction of sp³-hybridized carbons (Fsp3) is 0.279. The summed E-state index contributed by atoms with van der Waals surface area (Å²) in [6.45, 7) is 1.59. The number of carbonyl (C=O) groups excluding carboxylic acids is 3. The zero-order valence-corrected chi connectivity index (χ0v) is 32.6. The van der Waals surface area contributed by atoms with E-state index in [4.69, 9.17) is 17.2 Å². The molecule has 0 saturated carbocycles. The molecule has 0 aromatic heterocycles. The SMILES string of the molecule is Nc1ccc([C@@H](N)C2=C(Nc3cccc(C(F)(F)F)c3)CN(CCCNCCCN3CC4=C(C3=O)[C@@H](c3ccc(N)cc3)NC(=O)N4c3cccc(C(F)(F)F)c3)C2=O)cc1. The Morgan fingerprint density at radius 2 is 1.30 bits per heavy atom. The number of halogens is 6. The van der Waals surface area contributed by atoms with Gasteiger partial charge in [-0.25, -0.2) is 4.79 Å². The van der Waals surface area contributed by atoms with Crippen molar-refractivity contribution in [1.29, 1.82) is 0 Å². The highest BCUT2D eigenvalue weighted by atomic mass is 19.4. The van der Waals surface area contributed by atoms with Crippen molar-refractivity contribution in [2.75, 3.05) is 61.0 Å². The second kappa shape index (κ2) is 17.2. The highest BCUT2D eigenvalue weighted by molar-refractivity contribution is 6.07. The van der Waals surface area contributed by atoms with Crippen molar-refractivity contribution in [2.24, 2.45) is 5.73 Å². The van der Waals surface area contributed by atoms with Crippen LogP contribution in [0.3, 0.4) is 0 Å². The van der Waals surface area contributed by atoms with E-state index in [-0.39, 0.29) is 59.7 Å². The Kier molecular flexibility index (Phi) is 12.0. The Bertz CT molecular complexity index is 2360. The lowest BCUT2D eigenvalue weighted by Crippen LogP contribution is -2.47. The molecular formula is C43H43F6N9O3. The van der Waals surface area contributed by atoms with Gasteiger partial charge in [0.05, 0.1) is 58.8 Å². The summed E-state index contributed by atoms with van der Waals surface area (Å²) < 4.78 is 81.4. The molecule has 2 atom stereocenters. The van der Waals surface area contributed by atoms with Crippen LogP contribution in [0.4, 0.5) is 53.9 Å². The first-order valence-electron chi connectivity index (χ1n) is 19.4. The molecule has 61 heavy (non-hydrogen) atoms. The molecule has 0 saturated heterocycles. The number of nitrogens with one attached hydrogen (secondary N) is 3. The van der Waals surface area contributed by atoms with E-state index in [1.807, 2.05) is 0 Å². The van der Waals surface area contributed by atoms with Crippen molar-refractivity contribution in [3.8, 4) is 0 Å². The van der Waals surface area contributed by atoms with Crippen LogP contribution in [0.15, 0.2) is 120 Å².